The predicted molar refractivity (Wildman–Crippen MR) is 79.0 cm³/mol. The van der Waals surface area contributed by atoms with E-state index in [1.807, 2.05) is 30.3 Å². The fourth-order valence-corrected chi connectivity index (χ4v) is 2.71. The number of hydrogen-bond donors (Lipinski definition) is 2. The average molecular weight is 270 g/mol. The van der Waals surface area contributed by atoms with Crippen molar-refractivity contribution in [3.05, 3.63) is 42.0 Å². The highest BCUT2D eigenvalue weighted by molar-refractivity contribution is 6.03. The zero-order chi connectivity index (χ0) is 14.1. The first kappa shape index (κ1) is 12.9. The van der Waals surface area contributed by atoms with E-state index < -0.39 is 0 Å². The van der Waals surface area contributed by atoms with Gasteiger partial charge in [0.25, 0.3) is 5.91 Å². The van der Waals surface area contributed by atoms with Crippen LogP contribution in [-0.2, 0) is 0 Å². The Bertz CT molecular complexity index is 654. The fraction of sp³-hybridized carbons (Fsp3) is 0.312. The third-order valence-corrected chi connectivity index (χ3v) is 3.79. The minimum absolute atomic E-state index is 0.0827. The Kier molecular flexibility index (Phi) is 3.32. The number of aromatic hydroxyl groups is 1. The lowest BCUT2D eigenvalue weighted by molar-refractivity contribution is 0.0706. The number of nitrogens with one attached hydrogen (secondary N) is 1. The van der Waals surface area contributed by atoms with E-state index in [-0.39, 0.29) is 17.7 Å². The van der Waals surface area contributed by atoms with E-state index in [4.69, 9.17) is 0 Å². The molecule has 1 atom stereocenters. The number of benzene rings is 2. The quantitative estimate of drug-likeness (QED) is 0.833. The minimum atomic E-state index is -0.0957. The molecule has 3 rings (SSSR count). The monoisotopic (exact) mass is 270 g/mol. The van der Waals surface area contributed by atoms with Crippen molar-refractivity contribution in [3.63, 3.8) is 0 Å². The maximum Gasteiger partial charge on any atom is 0.257 e. The zero-order valence-corrected chi connectivity index (χ0v) is 11.5. The lowest BCUT2D eigenvalue weighted by atomic mass is 10.0. The van der Waals surface area contributed by atoms with Gasteiger partial charge in [-0.25, -0.2) is 0 Å². The van der Waals surface area contributed by atoms with E-state index in [2.05, 4.69) is 12.2 Å². The molecule has 4 nitrogen and oxygen atoms in total. The summed E-state index contributed by atoms with van der Waals surface area (Å²) in [5.74, 6) is -0.0131. The highest BCUT2D eigenvalue weighted by atomic mass is 16.3. The summed E-state index contributed by atoms with van der Waals surface area (Å²) in [7, 11) is 0. The number of nitrogens with zero attached hydrogens (tertiary/aromatic N) is 1. The molecule has 4 heteroatoms. The summed E-state index contributed by atoms with van der Waals surface area (Å²) in [5.41, 5.74) is 0.387. The van der Waals surface area contributed by atoms with Crippen molar-refractivity contribution in [3.8, 4) is 5.75 Å². The standard InChI is InChI=1S/C16H18N2O2/c1-11-10-18(9-8-17-11)16(20)14-7-6-12-4-2-3-5-13(12)15(14)19/h2-7,11,17,19H,8-10H2,1H3/t11-/m0/s1. The maximum atomic E-state index is 12.5. The van der Waals surface area contributed by atoms with E-state index >= 15 is 0 Å². The molecule has 0 saturated carbocycles. The highest BCUT2D eigenvalue weighted by Crippen LogP contribution is 2.29. The van der Waals surface area contributed by atoms with Crippen LogP contribution in [0, 0.1) is 0 Å². The van der Waals surface area contributed by atoms with Crippen molar-refractivity contribution in [2.75, 3.05) is 19.6 Å². The number of rotatable bonds is 1. The molecule has 104 valence electrons. The van der Waals surface area contributed by atoms with E-state index in [1.54, 1.807) is 11.0 Å². The van der Waals surface area contributed by atoms with E-state index in [0.29, 0.717) is 18.7 Å². The van der Waals surface area contributed by atoms with Gasteiger partial charge in [-0.1, -0.05) is 30.3 Å². The van der Waals surface area contributed by atoms with Crippen LogP contribution in [0.5, 0.6) is 5.75 Å². The van der Waals surface area contributed by atoms with Crippen LogP contribution in [0.1, 0.15) is 17.3 Å². The molecule has 1 aliphatic rings. The van der Waals surface area contributed by atoms with Crippen LogP contribution in [0.3, 0.4) is 0 Å². The Morgan fingerprint density at radius 2 is 2.10 bits per heavy atom. The van der Waals surface area contributed by atoms with Gasteiger partial charge in [0.05, 0.1) is 5.56 Å². The third kappa shape index (κ3) is 2.23. The van der Waals surface area contributed by atoms with Crippen molar-refractivity contribution >= 4 is 16.7 Å². The highest BCUT2D eigenvalue weighted by Gasteiger charge is 2.24. The molecule has 1 amide bonds. The van der Waals surface area contributed by atoms with Crippen molar-refractivity contribution < 1.29 is 9.90 Å². The van der Waals surface area contributed by atoms with Gasteiger partial charge >= 0.3 is 0 Å². The molecule has 0 aromatic heterocycles. The maximum absolute atomic E-state index is 12.5. The molecule has 0 aliphatic carbocycles. The lowest BCUT2D eigenvalue weighted by Crippen LogP contribution is -2.51. The lowest BCUT2D eigenvalue weighted by Gasteiger charge is -2.32. The number of phenols is 1. The average Bonchev–Trinajstić information content (AvgIpc) is 2.47. The molecule has 0 radical (unpaired) electrons. The van der Waals surface area contributed by atoms with E-state index in [0.717, 1.165) is 17.3 Å². The van der Waals surface area contributed by atoms with Crippen LogP contribution in [0.2, 0.25) is 0 Å². The fourth-order valence-electron chi connectivity index (χ4n) is 2.71. The molecule has 1 heterocycles. The summed E-state index contributed by atoms with van der Waals surface area (Å²) in [5, 5.41) is 15.3. The van der Waals surface area contributed by atoms with Crippen molar-refractivity contribution in [1.29, 1.82) is 0 Å². The summed E-state index contributed by atoms with van der Waals surface area (Å²) < 4.78 is 0. The summed E-state index contributed by atoms with van der Waals surface area (Å²) in [6.45, 7) is 4.20. The van der Waals surface area contributed by atoms with Gasteiger partial charge in [-0.15, -0.1) is 0 Å². The molecule has 0 unspecified atom stereocenters. The summed E-state index contributed by atoms with van der Waals surface area (Å²) in [6, 6.07) is 11.4. The molecule has 2 N–H and O–H groups in total. The molecule has 1 saturated heterocycles. The second kappa shape index (κ2) is 5.13. The molecular formula is C16H18N2O2. The Morgan fingerprint density at radius 1 is 1.30 bits per heavy atom. The molecule has 0 bridgehead atoms. The van der Waals surface area contributed by atoms with E-state index in [9.17, 15) is 9.90 Å². The molecule has 1 fully saturated rings. The number of carbonyl (C=O) groups is 1. The summed E-state index contributed by atoms with van der Waals surface area (Å²) in [6.07, 6.45) is 0. The Balaban J connectivity index is 1.97. The van der Waals surface area contributed by atoms with Gasteiger partial charge in [0.2, 0.25) is 0 Å². The van der Waals surface area contributed by atoms with Gasteiger partial charge in [0.1, 0.15) is 5.75 Å². The van der Waals surface area contributed by atoms with Gasteiger partial charge in [0.15, 0.2) is 0 Å². The minimum Gasteiger partial charge on any atom is -0.506 e. The van der Waals surface area contributed by atoms with Crippen molar-refractivity contribution in [2.45, 2.75) is 13.0 Å². The van der Waals surface area contributed by atoms with E-state index in [1.165, 1.54) is 0 Å². The second-order valence-electron chi connectivity index (χ2n) is 5.29. The zero-order valence-electron chi connectivity index (χ0n) is 11.5. The number of carbonyl (C=O) groups excluding carboxylic acids is 1. The van der Waals surface area contributed by atoms with Crippen LogP contribution < -0.4 is 5.32 Å². The number of phenolic OH excluding ortho intramolecular Hbond substituents is 1. The van der Waals surface area contributed by atoms with Gasteiger partial charge in [-0.05, 0) is 18.4 Å². The first-order valence-electron chi connectivity index (χ1n) is 6.90. The number of fused-ring (bicyclic) bond motifs is 1. The van der Waals surface area contributed by atoms with Crippen LogP contribution in [0.25, 0.3) is 10.8 Å². The normalized spacial score (nSPS) is 19.2. The van der Waals surface area contributed by atoms with Gasteiger partial charge in [-0.2, -0.15) is 0 Å². The molecular weight excluding hydrogens is 252 g/mol. The molecule has 2 aromatic rings. The molecule has 1 aliphatic heterocycles. The molecule has 20 heavy (non-hydrogen) atoms. The van der Waals surface area contributed by atoms with Crippen molar-refractivity contribution in [2.24, 2.45) is 0 Å². The number of amides is 1. The number of piperazine rings is 1. The smallest absolute Gasteiger partial charge is 0.257 e. The van der Waals surface area contributed by atoms with Crippen molar-refractivity contribution in [1.82, 2.24) is 10.2 Å². The Labute approximate surface area is 118 Å². The first-order chi connectivity index (χ1) is 9.66. The van der Waals surface area contributed by atoms with Crippen LogP contribution in [0.15, 0.2) is 36.4 Å². The van der Waals surface area contributed by atoms with Crippen LogP contribution >= 0.6 is 0 Å². The molecule has 0 spiro atoms. The van der Waals surface area contributed by atoms with Gasteiger partial charge in [-0.3, -0.25) is 4.79 Å². The Morgan fingerprint density at radius 3 is 2.90 bits per heavy atom. The number of hydrogen-bond acceptors (Lipinski definition) is 3. The topological polar surface area (TPSA) is 52.6 Å². The van der Waals surface area contributed by atoms with Crippen LogP contribution in [0.4, 0.5) is 0 Å². The summed E-state index contributed by atoms with van der Waals surface area (Å²) in [4.78, 5) is 14.3. The molecule has 2 aromatic carbocycles. The van der Waals surface area contributed by atoms with Crippen LogP contribution in [-0.4, -0.2) is 41.6 Å². The first-order valence-corrected chi connectivity index (χ1v) is 6.90. The Hall–Kier alpha value is -2.07. The largest absolute Gasteiger partial charge is 0.506 e. The van der Waals surface area contributed by atoms with Gasteiger partial charge < -0.3 is 15.3 Å². The third-order valence-electron chi connectivity index (χ3n) is 3.79. The predicted octanol–water partition coefficient (Wildman–Crippen LogP) is 1.98. The van der Waals surface area contributed by atoms with Gasteiger partial charge in [0, 0.05) is 31.1 Å². The second-order valence-corrected chi connectivity index (χ2v) is 5.29. The SMILES string of the molecule is C[C@H]1CN(C(=O)c2ccc3ccccc3c2O)CCN1. The summed E-state index contributed by atoms with van der Waals surface area (Å²) >= 11 is 0.